The first kappa shape index (κ1) is 20.4. The molecule has 1 aliphatic heterocycles. The molecule has 0 spiro atoms. The van der Waals surface area contributed by atoms with Gasteiger partial charge in [-0.2, -0.15) is 4.31 Å². The van der Waals surface area contributed by atoms with E-state index < -0.39 is 10.0 Å². The number of rotatable bonds is 5. The fourth-order valence-corrected chi connectivity index (χ4v) is 6.10. The Morgan fingerprint density at radius 2 is 1.44 bits per heavy atom. The van der Waals surface area contributed by atoms with Crippen LogP contribution in [0.5, 0.6) is 0 Å². The van der Waals surface area contributed by atoms with Gasteiger partial charge in [-0.15, -0.1) is 0 Å². The number of hydrogen-bond donors (Lipinski definition) is 0. The molecular weight excluding hydrogens is 330 g/mol. The second kappa shape index (κ2) is 7.79. The SMILES string of the molecule is CC(C)c1cc(C(C)C)c(S(=O)(=O)N2CCCCC2C)c(C(C)C)c1. The third kappa shape index (κ3) is 4.11. The van der Waals surface area contributed by atoms with Gasteiger partial charge in [0.25, 0.3) is 0 Å². The highest BCUT2D eigenvalue weighted by atomic mass is 32.2. The van der Waals surface area contributed by atoms with Crippen LogP contribution in [-0.4, -0.2) is 25.3 Å². The molecule has 4 heteroatoms. The molecular formula is C21H35NO2S. The van der Waals surface area contributed by atoms with Crippen molar-refractivity contribution < 1.29 is 8.42 Å². The molecule has 1 atom stereocenters. The molecule has 0 N–H and O–H groups in total. The number of benzene rings is 1. The van der Waals surface area contributed by atoms with Gasteiger partial charge in [0.15, 0.2) is 0 Å². The molecule has 25 heavy (non-hydrogen) atoms. The number of sulfonamides is 1. The van der Waals surface area contributed by atoms with Gasteiger partial charge in [-0.3, -0.25) is 0 Å². The Balaban J connectivity index is 2.73. The lowest BCUT2D eigenvalue weighted by Crippen LogP contribution is -2.42. The fraction of sp³-hybridized carbons (Fsp3) is 0.714. The summed E-state index contributed by atoms with van der Waals surface area (Å²) in [7, 11) is -3.47. The molecule has 0 saturated carbocycles. The minimum Gasteiger partial charge on any atom is -0.207 e. The molecule has 1 aromatic rings. The molecule has 0 bridgehead atoms. The van der Waals surface area contributed by atoms with Crippen LogP contribution >= 0.6 is 0 Å². The van der Waals surface area contributed by atoms with Crippen LogP contribution in [0.3, 0.4) is 0 Å². The second-order valence-corrected chi connectivity index (χ2v) is 10.3. The summed E-state index contributed by atoms with van der Waals surface area (Å²) in [5, 5.41) is 0. The van der Waals surface area contributed by atoms with Crippen molar-refractivity contribution >= 4 is 10.0 Å². The van der Waals surface area contributed by atoms with Crippen LogP contribution in [0.4, 0.5) is 0 Å². The Labute approximate surface area is 154 Å². The van der Waals surface area contributed by atoms with Gasteiger partial charge in [-0.1, -0.05) is 60.1 Å². The topological polar surface area (TPSA) is 37.4 Å². The minimum atomic E-state index is -3.47. The summed E-state index contributed by atoms with van der Waals surface area (Å²) >= 11 is 0. The van der Waals surface area contributed by atoms with Gasteiger partial charge in [0.05, 0.1) is 4.90 Å². The van der Waals surface area contributed by atoms with Crippen LogP contribution in [0, 0.1) is 0 Å². The summed E-state index contributed by atoms with van der Waals surface area (Å²) in [5.41, 5.74) is 3.19. The number of piperidine rings is 1. The third-order valence-corrected chi connectivity index (χ3v) is 7.54. The average Bonchev–Trinajstić information content (AvgIpc) is 2.53. The Hall–Kier alpha value is -0.870. The Kier molecular flexibility index (Phi) is 6.37. The molecule has 1 aromatic carbocycles. The highest BCUT2D eigenvalue weighted by Crippen LogP contribution is 2.38. The predicted octanol–water partition coefficient (Wildman–Crippen LogP) is 5.62. The van der Waals surface area contributed by atoms with E-state index in [1.807, 2.05) is 6.92 Å². The van der Waals surface area contributed by atoms with E-state index in [9.17, 15) is 8.42 Å². The van der Waals surface area contributed by atoms with Crippen LogP contribution in [-0.2, 0) is 10.0 Å². The summed E-state index contributed by atoms with van der Waals surface area (Å²) in [6.45, 7) is 15.4. The first-order chi connectivity index (χ1) is 11.6. The van der Waals surface area contributed by atoms with E-state index in [2.05, 4.69) is 53.7 Å². The zero-order chi connectivity index (χ0) is 18.9. The van der Waals surface area contributed by atoms with E-state index in [1.54, 1.807) is 4.31 Å². The molecule has 142 valence electrons. The summed E-state index contributed by atoms with van der Waals surface area (Å²) in [5.74, 6) is 0.753. The summed E-state index contributed by atoms with van der Waals surface area (Å²) < 4.78 is 29.1. The molecule has 0 amide bonds. The van der Waals surface area contributed by atoms with E-state index in [0.29, 0.717) is 17.4 Å². The number of hydrogen-bond acceptors (Lipinski definition) is 2. The van der Waals surface area contributed by atoms with Crippen LogP contribution in [0.25, 0.3) is 0 Å². The van der Waals surface area contributed by atoms with Gasteiger partial charge in [0, 0.05) is 12.6 Å². The molecule has 1 unspecified atom stereocenters. The van der Waals surface area contributed by atoms with Crippen molar-refractivity contribution in [1.82, 2.24) is 4.31 Å². The van der Waals surface area contributed by atoms with E-state index in [1.165, 1.54) is 5.56 Å². The summed E-state index contributed by atoms with van der Waals surface area (Å²) in [6, 6.07) is 4.34. The lowest BCUT2D eigenvalue weighted by atomic mass is 9.89. The van der Waals surface area contributed by atoms with Crippen molar-refractivity contribution in [1.29, 1.82) is 0 Å². The standard InChI is InChI=1S/C21H35NO2S/c1-14(2)18-12-19(15(3)4)21(20(13-18)16(5)6)25(23,24)22-11-9-8-10-17(22)7/h12-17H,8-11H2,1-7H3. The molecule has 2 rings (SSSR count). The molecule has 3 nitrogen and oxygen atoms in total. The maximum atomic E-state index is 13.7. The lowest BCUT2D eigenvalue weighted by Gasteiger charge is -2.34. The zero-order valence-electron chi connectivity index (χ0n) is 17.0. The molecule has 0 aliphatic carbocycles. The average molecular weight is 366 g/mol. The summed E-state index contributed by atoms with van der Waals surface area (Å²) in [4.78, 5) is 0.579. The largest absolute Gasteiger partial charge is 0.243 e. The maximum Gasteiger partial charge on any atom is 0.243 e. The molecule has 1 heterocycles. The van der Waals surface area contributed by atoms with E-state index in [0.717, 1.165) is 30.4 Å². The Morgan fingerprint density at radius 1 is 0.920 bits per heavy atom. The van der Waals surface area contributed by atoms with Gasteiger partial charge in [0.2, 0.25) is 10.0 Å². The third-order valence-electron chi connectivity index (χ3n) is 5.39. The second-order valence-electron chi connectivity index (χ2n) is 8.45. The first-order valence-electron chi connectivity index (χ1n) is 9.76. The van der Waals surface area contributed by atoms with Crippen LogP contribution in [0.1, 0.15) is 102 Å². The van der Waals surface area contributed by atoms with Crippen molar-refractivity contribution in [2.24, 2.45) is 0 Å². The molecule has 0 aromatic heterocycles. The van der Waals surface area contributed by atoms with E-state index in [4.69, 9.17) is 0 Å². The summed E-state index contributed by atoms with van der Waals surface area (Å²) in [6.07, 6.45) is 3.03. The molecule has 1 saturated heterocycles. The number of nitrogens with zero attached hydrogens (tertiary/aromatic N) is 1. The first-order valence-corrected chi connectivity index (χ1v) is 11.2. The molecule has 1 aliphatic rings. The van der Waals surface area contributed by atoms with Crippen molar-refractivity contribution in [3.8, 4) is 0 Å². The smallest absolute Gasteiger partial charge is 0.207 e. The highest BCUT2D eigenvalue weighted by Gasteiger charge is 2.35. The lowest BCUT2D eigenvalue weighted by molar-refractivity contribution is 0.268. The van der Waals surface area contributed by atoms with Crippen LogP contribution in [0.2, 0.25) is 0 Å². The normalized spacial score (nSPS) is 20.0. The van der Waals surface area contributed by atoms with E-state index in [-0.39, 0.29) is 17.9 Å². The van der Waals surface area contributed by atoms with Crippen LogP contribution < -0.4 is 0 Å². The van der Waals surface area contributed by atoms with Crippen molar-refractivity contribution in [3.63, 3.8) is 0 Å². The quantitative estimate of drug-likeness (QED) is 0.679. The monoisotopic (exact) mass is 365 g/mol. The van der Waals surface area contributed by atoms with Gasteiger partial charge >= 0.3 is 0 Å². The predicted molar refractivity (Wildman–Crippen MR) is 106 cm³/mol. The fourth-order valence-electron chi connectivity index (χ4n) is 3.73. The van der Waals surface area contributed by atoms with Crippen molar-refractivity contribution in [3.05, 3.63) is 28.8 Å². The van der Waals surface area contributed by atoms with Gasteiger partial charge < -0.3 is 0 Å². The van der Waals surface area contributed by atoms with Gasteiger partial charge in [-0.25, -0.2) is 8.42 Å². The van der Waals surface area contributed by atoms with Crippen molar-refractivity contribution in [2.75, 3.05) is 6.54 Å². The Bertz CT molecular complexity index is 676. The molecule has 1 fully saturated rings. The minimum absolute atomic E-state index is 0.0866. The molecule has 0 radical (unpaired) electrons. The highest BCUT2D eigenvalue weighted by molar-refractivity contribution is 7.89. The maximum absolute atomic E-state index is 13.7. The van der Waals surface area contributed by atoms with Gasteiger partial charge in [0.1, 0.15) is 0 Å². The zero-order valence-corrected chi connectivity index (χ0v) is 17.8. The van der Waals surface area contributed by atoms with Gasteiger partial charge in [-0.05, 0) is 54.2 Å². The van der Waals surface area contributed by atoms with Crippen LogP contribution in [0.15, 0.2) is 17.0 Å². The van der Waals surface area contributed by atoms with E-state index >= 15 is 0 Å². The van der Waals surface area contributed by atoms with Crippen molar-refractivity contribution in [2.45, 2.75) is 96.4 Å². The Morgan fingerprint density at radius 3 is 1.84 bits per heavy atom.